The van der Waals surface area contributed by atoms with Gasteiger partial charge in [0, 0.05) is 25.3 Å². The third kappa shape index (κ3) is 3.51. The second-order valence-corrected chi connectivity index (χ2v) is 3.51. The summed E-state index contributed by atoms with van der Waals surface area (Å²) in [7, 11) is 0. The number of hydrogen-bond donors (Lipinski definition) is 1. The number of anilines is 1. The van der Waals surface area contributed by atoms with Crippen LogP contribution in [0.2, 0.25) is 0 Å². The SMILES string of the molecule is CC.NC1CCN(c2ccccn2)CC1. The number of hydrogen-bond acceptors (Lipinski definition) is 3. The summed E-state index contributed by atoms with van der Waals surface area (Å²) in [6.45, 7) is 6.08. The quantitative estimate of drug-likeness (QED) is 0.766. The average molecular weight is 207 g/mol. The summed E-state index contributed by atoms with van der Waals surface area (Å²) < 4.78 is 0. The van der Waals surface area contributed by atoms with Crippen molar-refractivity contribution in [1.29, 1.82) is 0 Å². The molecule has 2 heterocycles. The van der Waals surface area contributed by atoms with Gasteiger partial charge < -0.3 is 10.6 Å². The normalized spacial score (nSPS) is 16.9. The summed E-state index contributed by atoms with van der Waals surface area (Å²) in [5.74, 6) is 1.08. The minimum absolute atomic E-state index is 0.389. The van der Waals surface area contributed by atoms with E-state index in [9.17, 15) is 0 Å². The Morgan fingerprint density at radius 3 is 2.47 bits per heavy atom. The first-order chi connectivity index (χ1) is 7.36. The van der Waals surface area contributed by atoms with E-state index in [1.165, 1.54) is 0 Å². The first kappa shape index (κ1) is 12.0. The molecule has 3 nitrogen and oxygen atoms in total. The molecule has 0 atom stereocenters. The fourth-order valence-corrected chi connectivity index (χ4v) is 1.67. The van der Waals surface area contributed by atoms with Crippen molar-refractivity contribution in [1.82, 2.24) is 4.98 Å². The highest BCUT2D eigenvalue weighted by Crippen LogP contribution is 2.15. The first-order valence-corrected chi connectivity index (χ1v) is 5.78. The van der Waals surface area contributed by atoms with E-state index in [1.807, 2.05) is 32.2 Å². The van der Waals surface area contributed by atoms with Gasteiger partial charge in [0.2, 0.25) is 0 Å². The molecule has 0 unspecified atom stereocenters. The molecule has 2 N–H and O–H groups in total. The predicted molar refractivity (Wildman–Crippen MR) is 65.0 cm³/mol. The molecule has 0 spiro atoms. The number of rotatable bonds is 1. The highest BCUT2D eigenvalue weighted by Gasteiger charge is 2.16. The number of pyridine rings is 1. The van der Waals surface area contributed by atoms with E-state index in [0.717, 1.165) is 31.7 Å². The molecule has 1 aromatic heterocycles. The van der Waals surface area contributed by atoms with Crippen LogP contribution in [0.1, 0.15) is 26.7 Å². The Hall–Kier alpha value is -1.09. The van der Waals surface area contributed by atoms with Crippen molar-refractivity contribution in [3.63, 3.8) is 0 Å². The van der Waals surface area contributed by atoms with Crippen LogP contribution < -0.4 is 10.6 Å². The van der Waals surface area contributed by atoms with Crippen LogP contribution in [0.5, 0.6) is 0 Å². The molecule has 1 saturated heterocycles. The van der Waals surface area contributed by atoms with Gasteiger partial charge in [-0.15, -0.1) is 0 Å². The maximum atomic E-state index is 5.83. The molecule has 2 rings (SSSR count). The summed E-state index contributed by atoms with van der Waals surface area (Å²) >= 11 is 0. The minimum atomic E-state index is 0.389. The van der Waals surface area contributed by atoms with E-state index in [-0.39, 0.29) is 0 Å². The Morgan fingerprint density at radius 1 is 1.27 bits per heavy atom. The summed E-state index contributed by atoms with van der Waals surface area (Å²) in [4.78, 5) is 6.61. The van der Waals surface area contributed by atoms with Crippen LogP contribution in [0.3, 0.4) is 0 Å². The van der Waals surface area contributed by atoms with Crippen LogP contribution in [0.25, 0.3) is 0 Å². The molecule has 84 valence electrons. The van der Waals surface area contributed by atoms with Crippen molar-refractivity contribution in [3.05, 3.63) is 24.4 Å². The monoisotopic (exact) mass is 207 g/mol. The van der Waals surface area contributed by atoms with Crippen molar-refractivity contribution >= 4 is 5.82 Å². The Balaban J connectivity index is 0.000000531. The van der Waals surface area contributed by atoms with E-state index in [2.05, 4.69) is 16.0 Å². The van der Waals surface area contributed by atoms with Gasteiger partial charge in [0.15, 0.2) is 0 Å². The molecule has 0 saturated carbocycles. The highest BCUT2D eigenvalue weighted by molar-refractivity contribution is 5.38. The fourth-order valence-electron chi connectivity index (χ4n) is 1.67. The molecule has 0 bridgehead atoms. The van der Waals surface area contributed by atoms with Gasteiger partial charge >= 0.3 is 0 Å². The summed E-state index contributed by atoms with van der Waals surface area (Å²) in [6, 6.07) is 6.41. The standard InChI is InChI=1S/C10H15N3.C2H6/c11-9-4-7-13(8-5-9)10-3-1-2-6-12-10;1-2/h1-3,6,9H,4-5,7-8,11H2;1-2H3. The van der Waals surface area contributed by atoms with Gasteiger partial charge in [0.1, 0.15) is 5.82 Å². The molecule has 1 aliphatic heterocycles. The van der Waals surface area contributed by atoms with E-state index in [1.54, 1.807) is 0 Å². The van der Waals surface area contributed by atoms with E-state index >= 15 is 0 Å². The molecule has 1 aromatic rings. The van der Waals surface area contributed by atoms with Gasteiger partial charge in [-0.3, -0.25) is 0 Å². The summed E-state index contributed by atoms with van der Waals surface area (Å²) in [6.07, 6.45) is 4.00. The smallest absolute Gasteiger partial charge is 0.128 e. The lowest BCUT2D eigenvalue weighted by atomic mass is 10.1. The second kappa shape index (κ2) is 6.40. The second-order valence-electron chi connectivity index (χ2n) is 3.51. The molecule has 15 heavy (non-hydrogen) atoms. The van der Waals surface area contributed by atoms with Gasteiger partial charge in [-0.05, 0) is 25.0 Å². The first-order valence-electron chi connectivity index (χ1n) is 5.78. The molecule has 0 radical (unpaired) electrons. The van der Waals surface area contributed by atoms with Gasteiger partial charge in [0.05, 0.1) is 0 Å². The zero-order valence-electron chi connectivity index (χ0n) is 9.69. The van der Waals surface area contributed by atoms with Crippen LogP contribution in [-0.2, 0) is 0 Å². The largest absolute Gasteiger partial charge is 0.357 e. The van der Waals surface area contributed by atoms with Crippen molar-refractivity contribution < 1.29 is 0 Å². The van der Waals surface area contributed by atoms with Crippen molar-refractivity contribution in [2.24, 2.45) is 5.73 Å². The Morgan fingerprint density at radius 2 is 1.93 bits per heavy atom. The number of aromatic nitrogens is 1. The third-order valence-corrected chi connectivity index (χ3v) is 2.51. The summed E-state index contributed by atoms with van der Waals surface area (Å²) in [5, 5.41) is 0. The maximum Gasteiger partial charge on any atom is 0.128 e. The molecule has 1 fully saturated rings. The molecule has 1 aliphatic rings. The Bertz CT molecular complexity index is 253. The molecule has 0 amide bonds. The van der Waals surface area contributed by atoms with E-state index in [0.29, 0.717) is 6.04 Å². The van der Waals surface area contributed by atoms with Crippen LogP contribution >= 0.6 is 0 Å². The number of nitrogens with zero attached hydrogens (tertiary/aromatic N) is 2. The molecule has 0 aromatic carbocycles. The van der Waals surface area contributed by atoms with Gasteiger partial charge in [-0.1, -0.05) is 19.9 Å². The van der Waals surface area contributed by atoms with Crippen LogP contribution in [0, 0.1) is 0 Å². The van der Waals surface area contributed by atoms with E-state index < -0.39 is 0 Å². The minimum Gasteiger partial charge on any atom is -0.357 e. The van der Waals surface area contributed by atoms with Gasteiger partial charge in [0.25, 0.3) is 0 Å². The molecule has 3 heteroatoms. The molecule has 0 aliphatic carbocycles. The van der Waals surface area contributed by atoms with Crippen molar-refractivity contribution in [2.75, 3.05) is 18.0 Å². The maximum absolute atomic E-state index is 5.83. The fraction of sp³-hybridized carbons (Fsp3) is 0.583. The zero-order chi connectivity index (χ0) is 11.1. The number of piperidine rings is 1. The molecular weight excluding hydrogens is 186 g/mol. The van der Waals surface area contributed by atoms with Crippen molar-refractivity contribution in [3.8, 4) is 0 Å². The third-order valence-electron chi connectivity index (χ3n) is 2.51. The lowest BCUT2D eigenvalue weighted by Gasteiger charge is -2.30. The van der Waals surface area contributed by atoms with Crippen LogP contribution in [0.15, 0.2) is 24.4 Å². The number of nitrogens with two attached hydrogens (primary N) is 1. The average Bonchev–Trinajstić information content (AvgIpc) is 2.34. The zero-order valence-corrected chi connectivity index (χ0v) is 9.69. The van der Waals surface area contributed by atoms with Crippen LogP contribution in [-0.4, -0.2) is 24.1 Å². The van der Waals surface area contributed by atoms with Crippen molar-refractivity contribution in [2.45, 2.75) is 32.7 Å². The van der Waals surface area contributed by atoms with Gasteiger partial charge in [-0.25, -0.2) is 4.98 Å². The highest BCUT2D eigenvalue weighted by atomic mass is 15.2. The van der Waals surface area contributed by atoms with Crippen LogP contribution in [0.4, 0.5) is 5.82 Å². The topological polar surface area (TPSA) is 42.1 Å². The van der Waals surface area contributed by atoms with E-state index in [4.69, 9.17) is 5.73 Å². The predicted octanol–water partition coefficient (Wildman–Crippen LogP) is 2.04. The Labute approximate surface area is 92.3 Å². The summed E-state index contributed by atoms with van der Waals surface area (Å²) in [5.41, 5.74) is 5.83. The van der Waals surface area contributed by atoms with Gasteiger partial charge in [-0.2, -0.15) is 0 Å². The lowest BCUT2D eigenvalue weighted by molar-refractivity contribution is 0.498. The lowest BCUT2D eigenvalue weighted by Crippen LogP contribution is -2.39. The molecular formula is C12H21N3. The Kier molecular flexibility index (Phi) is 5.12.